The van der Waals surface area contributed by atoms with Crippen LogP contribution >= 0.6 is 0 Å². The van der Waals surface area contributed by atoms with Crippen LogP contribution in [0.5, 0.6) is 0 Å². The van der Waals surface area contributed by atoms with E-state index < -0.39 is 0 Å². The van der Waals surface area contributed by atoms with E-state index in [1.165, 1.54) is 30.5 Å². The minimum absolute atomic E-state index is 0.660. The fraction of sp³-hybridized carbons (Fsp3) is 0.538. The molecule has 2 atom stereocenters. The Bertz CT molecular complexity index is 281. The lowest BCUT2D eigenvalue weighted by Crippen LogP contribution is -2.24. The molecule has 1 heteroatoms. The first-order valence-corrected chi connectivity index (χ1v) is 5.65. The Morgan fingerprint density at radius 2 is 2.21 bits per heavy atom. The number of nitrogens with one attached hydrogen (secondary N) is 1. The summed E-state index contributed by atoms with van der Waals surface area (Å²) in [6, 6.07) is 9.33. The van der Waals surface area contributed by atoms with Gasteiger partial charge in [0, 0.05) is 11.7 Å². The number of anilines is 1. The molecule has 1 heterocycles. The highest BCUT2D eigenvalue weighted by molar-refractivity contribution is 5.56. The second-order valence-electron chi connectivity index (χ2n) is 4.38. The van der Waals surface area contributed by atoms with Gasteiger partial charge in [0.25, 0.3) is 0 Å². The Morgan fingerprint density at radius 3 is 2.93 bits per heavy atom. The SMILES string of the molecule is CCCC(C)C1Cc2ccccc2N1. The van der Waals surface area contributed by atoms with E-state index >= 15 is 0 Å². The van der Waals surface area contributed by atoms with Gasteiger partial charge in [-0.3, -0.25) is 0 Å². The smallest absolute Gasteiger partial charge is 0.0375 e. The summed E-state index contributed by atoms with van der Waals surface area (Å²) in [7, 11) is 0. The Balaban J connectivity index is 2.04. The molecule has 0 saturated carbocycles. The highest BCUT2D eigenvalue weighted by Crippen LogP contribution is 2.29. The topological polar surface area (TPSA) is 12.0 Å². The molecule has 14 heavy (non-hydrogen) atoms. The number of hydrogen-bond acceptors (Lipinski definition) is 1. The zero-order valence-electron chi connectivity index (χ0n) is 9.09. The molecule has 1 aromatic rings. The third-order valence-corrected chi connectivity index (χ3v) is 3.23. The lowest BCUT2D eigenvalue weighted by Gasteiger charge is -2.19. The van der Waals surface area contributed by atoms with Gasteiger partial charge in [-0.15, -0.1) is 0 Å². The van der Waals surface area contributed by atoms with Crippen LogP contribution in [-0.4, -0.2) is 6.04 Å². The molecule has 0 saturated heterocycles. The number of benzene rings is 1. The zero-order chi connectivity index (χ0) is 9.97. The van der Waals surface area contributed by atoms with E-state index in [9.17, 15) is 0 Å². The largest absolute Gasteiger partial charge is 0.381 e. The first-order valence-electron chi connectivity index (χ1n) is 5.65. The maximum Gasteiger partial charge on any atom is 0.0375 e. The van der Waals surface area contributed by atoms with Crippen LogP contribution in [0.1, 0.15) is 32.3 Å². The minimum atomic E-state index is 0.660. The average Bonchev–Trinajstić information content (AvgIpc) is 2.61. The van der Waals surface area contributed by atoms with Gasteiger partial charge in [-0.1, -0.05) is 38.5 Å². The van der Waals surface area contributed by atoms with E-state index in [1.54, 1.807) is 0 Å². The summed E-state index contributed by atoms with van der Waals surface area (Å²) in [5.74, 6) is 0.785. The number of fused-ring (bicyclic) bond motifs is 1. The standard InChI is InChI=1S/C13H19N/c1-3-6-10(2)13-9-11-7-4-5-8-12(11)14-13/h4-5,7-8,10,13-14H,3,6,9H2,1-2H3. The van der Waals surface area contributed by atoms with Crippen LogP contribution in [0.15, 0.2) is 24.3 Å². The average molecular weight is 189 g/mol. The van der Waals surface area contributed by atoms with Gasteiger partial charge in [0.1, 0.15) is 0 Å². The molecule has 0 fully saturated rings. The first-order chi connectivity index (χ1) is 6.81. The third-order valence-electron chi connectivity index (χ3n) is 3.23. The van der Waals surface area contributed by atoms with Crippen LogP contribution in [0.3, 0.4) is 0 Å². The lowest BCUT2D eigenvalue weighted by molar-refractivity contribution is 0.453. The predicted octanol–water partition coefficient (Wildman–Crippen LogP) is 3.46. The van der Waals surface area contributed by atoms with Crippen molar-refractivity contribution in [1.29, 1.82) is 0 Å². The zero-order valence-corrected chi connectivity index (χ0v) is 9.09. The Hall–Kier alpha value is -0.980. The molecular weight excluding hydrogens is 170 g/mol. The molecule has 0 aromatic heterocycles. The van der Waals surface area contributed by atoms with Crippen LogP contribution in [0, 0.1) is 5.92 Å². The van der Waals surface area contributed by atoms with E-state index in [0.717, 1.165) is 5.92 Å². The van der Waals surface area contributed by atoms with Gasteiger partial charge in [-0.05, 0) is 30.4 Å². The molecule has 1 aliphatic heterocycles. The molecule has 1 aromatic carbocycles. The molecule has 2 rings (SSSR count). The summed E-state index contributed by atoms with van der Waals surface area (Å²) in [5, 5.41) is 3.62. The quantitative estimate of drug-likeness (QED) is 0.767. The molecule has 1 nitrogen and oxygen atoms in total. The molecule has 0 aliphatic carbocycles. The fourth-order valence-electron chi connectivity index (χ4n) is 2.33. The van der Waals surface area contributed by atoms with E-state index in [0.29, 0.717) is 6.04 Å². The highest BCUT2D eigenvalue weighted by Gasteiger charge is 2.23. The van der Waals surface area contributed by atoms with Crippen molar-refractivity contribution in [2.75, 3.05) is 5.32 Å². The second kappa shape index (κ2) is 4.04. The lowest BCUT2D eigenvalue weighted by atomic mass is 9.94. The summed E-state index contributed by atoms with van der Waals surface area (Å²) in [6.45, 7) is 4.62. The Morgan fingerprint density at radius 1 is 1.43 bits per heavy atom. The van der Waals surface area contributed by atoms with Crippen molar-refractivity contribution in [3.05, 3.63) is 29.8 Å². The number of hydrogen-bond donors (Lipinski definition) is 1. The van der Waals surface area contributed by atoms with Crippen LogP contribution < -0.4 is 5.32 Å². The molecule has 1 N–H and O–H groups in total. The van der Waals surface area contributed by atoms with Gasteiger partial charge in [-0.25, -0.2) is 0 Å². The molecule has 0 spiro atoms. The van der Waals surface area contributed by atoms with Gasteiger partial charge >= 0.3 is 0 Å². The Labute approximate surface area is 86.5 Å². The van der Waals surface area contributed by atoms with Crippen molar-refractivity contribution >= 4 is 5.69 Å². The summed E-state index contributed by atoms with van der Waals surface area (Å²) in [5.41, 5.74) is 2.83. The maximum absolute atomic E-state index is 3.62. The van der Waals surface area contributed by atoms with Crippen molar-refractivity contribution in [3.63, 3.8) is 0 Å². The molecular formula is C13H19N. The third kappa shape index (κ3) is 1.77. The molecule has 0 bridgehead atoms. The van der Waals surface area contributed by atoms with Gasteiger partial charge in [0.05, 0.1) is 0 Å². The van der Waals surface area contributed by atoms with Crippen molar-refractivity contribution < 1.29 is 0 Å². The highest BCUT2D eigenvalue weighted by atomic mass is 15.0. The molecule has 2 unspecified atom stereocenters. The van der Waals surface area contributed by atoms with Crippen molar-refractivity contribution in [1.82, 2.24) is 0 Å². The van der Waals surface area contributed by atoms with E-state index in [-0.39, 0.29) is 0 Å². The van der Waals surface area contributed by atoms with Crippen molar-refractivity contribution in [3.8, 4) is 0 Å². The van der Waals surface area contributed by atoms with Gasteiger partial charge in [0.15, 0.2) is 0 Å². The summed E-state index contributed by atoms with van der Waals surface area (Å²) < 4.78 is 0. The number of para-hydroxylation sites is 1. The van der Waals surface area contributed by atoms with E-state index in [1.807, 2.05) is 0 Å². The first kappa shape index (κ1) is 9.57. The van der Waals surface area contributed by atoms with Crippen LogP contribution in [-0.2, 0) is 6.42 Å². The van der Waals surface area contributed by atoms with Crippen molar-refractivity contribution in [2.24, 2.45) is 5.92 Å². The molecule has 76 valence electrons. The fourth-order valence-corrected chi connectivity index (χ4v) is 2.33. The summed E-state index contributed by atoms with van der Waals surface area (Å²) in [6.07, 6.45) is 3.82. The maximum atomic E-state index is 3.62. The Kier molecular flexibility index (Phi) is 2.76. The number of rotatable bonds is 3. The minimum Gasteiger partial charge on any atom is -0.381 e. The van der Waals surface area contributed by atoms with Crippen LogP contribution in [0.2, 0.25) is 0 Å². The van der Waals surface area contributed by atoms with Gasteiger partial charge in [0.2, 0.25) is 0 Å². The normalized spacial score (nSPS) is 21.4. The van der Waals surface area contributed by atoms with Crippen LogP contribution in [0.4, 0.5) is 5.69 Å². The summed E-state index contributed by atoms with van der Waals surface area (Å²) in [4.78, 5) is 0. The van der Waals surface area contributed by atoms with E-state index in [2.05, 4.69) is 43.4 Å². The molecule has 0 radical (unpaired) electrons. The van der Waals surface area contributed by atoms with Crippen LogP contribution in [0.25, 0.3) is 0 Å². The summed E-state index contributed by atoms with van der Waals surface area (Å²) >= 11 is 0. The molecule has 1 aliphatic rings. The predicted molar refractivity (Wildman–Crippen MR) is 61.6 cm³/mol. The monoisotopic (exact) mass is 189 g/mol. The van der Waals surface area contributed by atoms with Gasteiger partial charge in [-0.2, -0.15) is 0 Å². The van der Waals surface area contributed by atoms with Gasteiger partial charge < -0.3 is 5.32 Å². The van der Waals surface area contributed by atoms with Crippen molar-refractivity contribution in [2.45, 2.75) is 39.2 Å². The molecule has 0 amide bonds. The second-order valence-corrected chi connectivity index (χ2v) is 4.38. The van der Waals surface area contributed by atoms with E-state index in [4.69, 9.17) is 0 Å².